The van der Waals surface area contributed by atoms with Crippen LogP contribution in [0.3, 0.4) is 0 Å². The van der Waals surface area contributed by atoms with E-state index >= 15 is 0 Å². The number of carbonyl (C=O) groups excluding carboxylic acids is 1. The van der Waals surface area contributed by atoms with Gasteiger partial charge in [0.05, 0.1) is 23.7 Å². The molecule has 0 bridgehead atoms. The fourth-order valence-corrected chi connectivity index (χ4v) is 4.00. The Morgan fingerprint density at radius 1 is 1.31 bits per heavy atom. The molecule has 3 aromatic heterocycles. The van der Waals surface area contributed by atoms with E-state index in [1.165, 1.54) is 11.3 Å². The van der Waals surface area contributed by atoms with Crippen molar-refractivity contribution in [1.29, 1.82) is 0 Å². The summed E-state index contributed by atoms with van der Waals surface area (Å²) in [5.74, 6) is 0.997. The number of thiophene rings is 1. The molecule has 2 N–H and O–H groups in total. The first-order valence-electron chi connectivity index (χ1n) is 8.22. The molecule has 0 spiro atoms. The zero-order chi connectivity index (χ0) is 18.3. The van der Waals surface area contributed by atoms with Gasteiger partial charge in [0.25, 0.3) is 0 Å². The van der Waals surface area contributed by atoms with E-state index in [0.717, 1.165) is 32.4 Å². The van der Waals surface area contributed by atoms with Crippen LogP contribution in [0, 0.1) is 13.8 Å². The van der Waals surface area contributed by atoms with Crippen LogP contribution in [0.1, 0.15) is 28.0 Å². The fraction of sp³-hybridized carbons (Fsp3) is 0.222. The topological polar surface area (TPSA) is 92.8 Å². The maximum atomic E-state index is 12.2. The quantitative estimate of drug-likeness (QED) is 0.528. The van der Waals surface area contributed by atoms with Crippen LogP contribution < -0.4 is 5.32 Å². The van der Waals surface area contributed by atoms with Crippen LogP contribution in [0.2, 0.25) is 0 Å². The smallest absolute Gasteiger partial charge is 0.348 e. The summed E-state index contributed by atoms with van der Waals surface area (Å²) in [5.41, 5.74) is 2.69. The van der Waals surface area contributed by atoms with Crippen molar-refractivity contribution in [2.24, 2.45) is 0 Å². The first kappa shape index (κ1) is 16.5. The lowest BCUT2D eigenvalue weighted by molar-refractivity contribution is 0.0531. The highest BCUT2D eigenvalue weighted by Gasteiger charge is 2.21. The summed E-state index contributed by atoms with van der Waals surface area (Å²) >= 11 is 1.33. The second-order valence-electron chi connectivity index (χ2n) is 5.87. The summed E-state index contributed by atoms with van der Waals surface area (Å²) in [6.45, 7) is 5.87. The van der Waals surface area contributed by atoms with Gasteiger partial charge >= 0.3 is 5.97 Å². The number of esters is 1. The number of carbonyl (C=O) groups is 1. The number of rotatable bonds is 4. The molecule has 3 heterocycles. The molecule has 0 atom stereocenters. The highest BCUT2D eigenvalue weighted by atomic mass is 32.1. The molecule has 0 radical (unpaired) electrons. The molecule has 1 aromatic carbocycles. The lowest BCUT2D eigenvalue weighted by Crippen LogP contribution is -2.03. The number of fused-ring (bicyclic) bond motifs is 2. The Balaban J connectivity index is 1.81. The van der Waals surface area contributed by atoms with Gasteiger partial charge in [0.15, 0.2) is 0 Å². The van der Waals surface area contributed by atoms with Crippen molar-refractivity contribution < 1.29 is 9.53 Å². The summed E-state index contributed by atoms with van der Waals surface area (Å²) in [6, 6.07) is 5.91. The minimum Gasteiger partial charge on any atom is -0.462 e. The van der Waals surface area contributed by atoms with E-state index in [9.17, 15) is 4.79 Å². The molecule has 132 valence electrons. The van der Waals surface area contributed by atoms with E-state index in [4.69, 9.17) is 4.74 Å². The molecular formula is C18H17N5O2S. The van der Waals surface area contributed by atoms with Gasteiger partial charge in [-0.2, -0.15) is 5.10 Å². The molecule has 4 aromatic rings. The van der Waals surface area contributed by atoms with E-state index in [0.29, 0.717) is 23.1 Å². The second kappa shape index (κ2) is 6.38. The average molecular weight is 367 g/mol. The van der Waals surface area contributed by atoms with Crippen molar-refractivity contribution >= 4 is 49.9 Å². The number of aromatic amines is 1. The third kappa shape index (κ3) is 2.78. The van der Waals surface area contributed by atoms with Crippen LogP contribution in [0.25, 0.3) is 21.1 Å². The number of aromatic nitrogens is 4. The number of ether oxygens (including phenoxy) is 1. The zero-order valence-corrected chi connectivity index (χ0v) is 15.4. The molecule has 0 aliphatic rings. The van der Waals surface area contributed by atoms with E-state index in [2.05, 4.69) is 25.5 Å². The van der Waals surface area contributed by atoms with Crippen molar-refractivity contribution in [2.75, 3.05) is 11.9 Å². The highest BCUT2D eigenvalue weighted by Crippen LogP contribution is 2.35. The molecule has 0 amide bonds. The molecule has 8 heteroatoms. The first-order chi connectivity index (χ1) is 12.6. The van der Waals surface area contributed by atoms with Crippen molar-refractivity contribution in [3.8, 4) is 0 Å². The molecular weight excluding hydrogens is 350 g/mol. The zero-order valence-electron chi connectivity index (χ0n) is 14.6. The van der Waals surface area contributed by atoms with Crippen LogP contribution >= 0.6 is 11.3 Å². The van der Waals surface area contributed by atoms with E-state index in [1.54, 1.807) is 13.1 Å². The Hall–Kier alpha value is -3.00. The third-order valence-electron chi connectivity index (χ3n) is 4.07. The Morgan fingerprint density at radius 3 is 2.96 bits per heavy atom. The van der Waals surface area contributed by atoms with Gasteiger partial charge in [0.2, 0.25) is 0 Å². The van der Waals surface area contributed by atoms with Gasteiger partial charge in [-0.05, 0) is 44.5 Å². The number of hydrogen-bond donors (Lipinski definition) is 2. The summed E-state index contributed by atoms with van der Waals surface area (Å²) in [5, 5.41) is 12.2. The lowest BCUT2D eigenvalue weighted by Gasteiger charge is -2.09. The SMILES string of the molecule is CCOC(=O)c1sc2nc(C)nc(Nc3ccc4[nH]ncc4c3)c2c1C. The van der Waals surface area contributed by atoms with E-state index in [1.807, 2.05) is 32.0 Å². The standard InChI is InChI=1S/C18H17N5O2S/c1-4-25-18(24)15-9(2)14-16(20-10(3)21-17(14)26-15)22-12-5-6-13-11(7-12)8-19-23-13/h5-8H,4H2,1-3H3,(H,19,23)(H,20,21,22). The van der Waals surface area contributed by atoms with Crippen LogP contribution in [0.15, 0.2) is 24.4 Å². The Labute approximate surface area is 153 Å². The normalized spacial score (nSPS) is 11.2. The largest absolute Gasteiger partial charge is 0.462 e. The van der Waals surface area contributed by atoms with E-state index < -0.39 is 0 Å². The Kier molecular flexibility index (Phi) is 4.04. The molecule has 0 unspecified atom stereocenters. The molecule has 0 saturated carbocycles. The Bertz CT molecular complexity index is 1130. The molecule has 4 rings (SSSR count). The van der Waals surface area contributed by atoms with Crippen molar-refractivity contribution in [3.05, 3.63) is 40.7 Å². The molecule has 26 heavy (non-hydrogen) atoms. The average Bonchev–Trinajstić information content (AvgIpc) is 3.19. The van der Waals surface area contributed by atoms with E-state index in [-0.39, 0.29) is 5.97 Å². The first-order valence-corrected chi connectivity index (χ1v) is 9.03. The van der Waals surface area contributed by atoms with Crippen molar-refractivity contribution in [2.45, 2.75) is 20.8 Å². The number of aryl methyl sites for hydroxylation is 2. The monoisotopic (exact) mass is 367 g/mol. The van der Waals surface area contributed by atoms with Gasteiger partial charge in [-0.1, -0.05) is 0 Å². The maximum absolute atomic E-state index is 12.2. The maximum Gasteiger partial charge on any atom is 0.348 e. The Morgan fingerprint density at radius 2 is 2.15 bits per heavy atom. The van der Waals surface area contributed by atoms with Gasteiger partial charge in [0.1, 0.15) is 21.3 Å². The van der Waals surface area contributed by atoms with Crippen LogP contribution in [0.5, 0.6) is 0 Å². The fourth-order valence-electron chi connectivity index (χ4n) is 2.88. The van der Waals surface area contributed by atoms with Gasteiger partial charge in [0, 0.05) is 11.1 Å². The third-order valence-corrected chi connectivity index (χ3v) is 5.23. The highest BCUT2D eigenvalue weighted by molar-refractivity contribution is 7.20. The predicted octanol–water partition coefficient (Wildman–Crippen LogP) is 4.10. The lowest BCUT2D eigenvalue weighted by atomic mass is 10.2. The predicted molar refractivity (Wildman–Crippen MR) is 102 cm³/mol. The molecule has 7 nitrogen and oxygen atoms in total. The number of nitrogens with zero attached hydrogens (tertiary/aromatic N) is 3. The summed E-state index contributed by atoms with van der Waals surface area (Å²) in [4.78, 5) is 22.6. The number of H-pyrrole nitrogens is 1. The molecule has 0 aliphatic carbocycles. The number of anilines is 2. The minimum atomic E-state index is -0.323. The van der Waals surface area contributed by atoms with Crippen LogP contribution in [-0.4, -0.2) is 32.7 Å². The van der Waals surface area contributed by atoms with Crippen LogP contribution in [-0.2, 0) is 4.74 Å². The summed E-state index contributed by atoms with van der Waals surface area (Å²) in [6.07, 6.45) is 1.77. The summed E-state index contributed by atoms with van der Waals surface area (Å²) in [7, 11) is 0. The van der Waals surface area contributed by atoms with Gasteiger partial charge < -0.3 is 10.1 Å². The second-order valence-corrected chi connectivity index (χ2v) is 6.87. The van der Waals surface area contributed by atoms with Gasteiger partial charge in [-0.15, -0.1) is 11.3 Å². The number of benzene rings is 1. The van der Waals surface area contributed by atoms with Gasteiger partial charge in [-0.3, -0.25) is 5.10 Å². The van der Waals surface area contributed by atoms with Crippen molar-refractivity contribution in [3.63, 3.8) is 0 Å². The minimum absolute atomic E-state index is 0.323. The number of hydrogen-bond acceptors (Lipinski definition) is 7. The molecule has 0 fully saturated rings. The van der Waals surface area contributed by atoms with Gasteiger partial charge in [-0.25, -0.2) is 14.8 Å². The van der Waals surface area contributed by atoms with Crippen LogP contribution in [0.4, 0.5) is 11.5 Å². The van der Waals surface area contributed by atoms with Crippen molar-refractivity contribution in [1.82, 2.24) is 20.2 Å². The molecule has 0 aliphatic heterocycles. The number of nitrogens with one attached hydrogen (secondary N) is 2. The molecule has 0 saturated heterocycles. The summed E-state index contributed by atoms with van der Waals surface area (Å²) < 4.78 is 5.16.